The molecule has 1 atom stereocenters. The van der Waals surface area contributed by atoms with E-state index in [1.165, 1.54) is 0 Å². The van der Waals surface area contributed by atoms with Gasteiger partial charge in [-0.1, -0.05) is 0 Å². The van der Waals surface area contributed by atoms with E-state index in [1.54, 1.807) is 0 Å². The van der Waals surface area contributed by atoms with Crippen molar-refractivity contribution in [1.82, 2.24) is 0 Å². The van der Waals surface area contributed by atoms with E-state index in [0.29, 0.717) is 0 Å². The van der Waals surface area contributed by atoms with Crippen molar-refractivity contribution in [1.29, 1.82) is 0 Å². The average molecular weight is 276 g/mol. The number of hydrogen-bond acceptors (Lipinski definition) is 2. The molecule has 4 N–H and O–H groups in total. The van der Waals surface area contributed by atoms with Gasteiger partial charge in [0.1, 0.15) is 11.9 Å². The Labute approximate surface area is 96.4 Å². The predicted octanol–water partition coefficient (Wildman–Crippen LogP) is 2.99. The molecule has 0 spiro atoms. The molecule has 1 rings (SSSR count). The van der Waals surface area contributed by atoms with E-state index in [2.05, 4.69) is 5.73 Å². The van der Waals surface area contributed by atoms with Crippen molar-refractivity contribution in [3.8, 4) is 0 Å². The molecule has 0 aliphatic rings. The van der Waals surface area contributed by atoms with E-state index in [1.807, 2.05) is 0 Å². The van der Waals surface area contributed by atoms with E-state index < -0.39 is 41.0 Å². The monoisotopic (exact) mass is 276 g/mol. The number of hydrogen-bond donors (Lipinski definition) is 2. The molecule has 18 heavy (non-hydrogen) atoms. The van der Waals surface area contributed by atoms with Crippen molar-refractivity contribution >= 4 is 5.69 Å². The predicted molar refractivity (Wildman–Crippen MR) is 48.8 cm³/mol. The minimum absolute atomic E-state index is 0.0519. The lowest BCUT2D eigenvalue weighted by molar-refractivity contribution is -0.155. The smallest absolute Gasteiger partial charge is 0.396 e. The number of halogens is 7. The zero-order valence-electron chi connectivity index (χ0n) is 8.53. The summed E-state index contributed by atoms with van der Waals surface area (Å²) < 4.78 is 87.4. The topological polar surface area (TPSA) is 52.0 Å². The second kappa shape index (κ2) is 4.30. The molecule has 9 heteroatoms. The lowest BCUT2D eigenvalue weighted by Gasteiger charge is -2.21. The maximum Gasteiger partial charge on any atom is 0.416 e. The minimum Gasteiger partial charge on any atom is -0.396 e. The highest BCUT2D eigenvalue weighted by Gasteiger charge is 2.44. The molecule has 1 aromatic rings. The summed E-state index contributed by atoms with van der Waals surface area (Å²) in [6.07, 6.45) is -10.2. The first kappa shape index (κ1) is 14.6. The number of benzene rings is 1. The largest absolute Gasteiger partial charge is 0.416 e. The van der Waals surface area contributed by atoms with Crippen LogP contribution < -0.4 is 11.5 Å². The van der Waals surface area contributed by atoms with Gasteiger partial charge in [0.25, 0.3) is 0 Å². The number of nitrogens with two attached hydrogens (primary N) is 2. The van der Waals surface area contributed by atoms with E-state index in [0.717, 1.165) is 0 Å². The van der Waals surface area contributed by atoms with E-state index in [4.69, 9.17) is 5.73 Å². The van der Waals surface area contributed by atoms with Crippen LogP contribution in [0, 0.1) is 5.82 Å². The molecule has 2 nitrogen and oxygen atoms in total. The van der Waals surface area contributed by atoms with Gasteiger partial charge in [-0.25, -0.2) is 4.39 Å². The zero-order valence-corrected chi connectivity index (χ0v) is 8.53. The first-order valence-corrected chi connectivity index (χ1v) is 4.43. The van der Waals surface area contributed by atoms with Gasteiger partial charge in [-0.2, -0.15) is 26.3 Å². The normalized spacial score (nSPS) is 14.7. The summed E-state index contributed by atoms with van der Waals surface area (Å²) in [5, 5.41) is 0. The fraction of sp³-hybridized carbons (Fsp3) is 0.333. The highest BCUT2D eigenvalue weighted by molar-refractivity contribution is 5.48. The first-order valence-electron chi connectivity index (χ1n) is 4.43. The van der Waals surface area contributed by atoms with Crippen LogP contribution >= 0.6 is 0 Å². The molecule has 102 valence electrons. The Kier molecular flexibility index (Phi) is 3.48. The van der Waals surface area contributed by atoms with Crippen LogP contribution in [0.4, 0.5) is 36.4 Å². The van der Waals surface area contributed by atoms with Crippen molar-refractivity contribution in [2.45, 2.75) is 18.4 Å². The number of nitrogen functional groups attached to an aromatic ring is 1. The van der Waals surface area contributed by atoms with Crippen LogP contribution in [-0.4, -0.2) is 6.18 Å². The summed E-state index contributed by atoms with van der Waals surface area (Å²) in [4.78, 5) is 0. The highest BCUT2D eigenvalue weighted by atomic mass is 19.4. The maximum atomic E-state index is 13.0. The van der Waals surface area contributed by atoms with Crippen molar-refractivity contribution in [2.24, 2.45) is 5.73 Å². The zero-order chi connectivity index (χ0) is 14.3. The SMILES string of the molecule is Nc1cc(C(F)(F)F)c([C@@H](N)C(F)(F)F)cc1F. The van der Waals surface area contributed by atoms with Gasteiger partial charge in [0, 0.05) is 0 Å². The molecule has 0 aliphatic heterocycles. The molecule has 0 bridgehead atoms. The van der Waals surface area contributed by atoms with Crippen molar-refractivity contribution in [3.05, 3.63) is 29.1 Å². The van der Waals surface area contributed by atoms with Gasteiger partial charge in [-0.3, -0.25) is 0 Å². The fourth-order valence-electron chi connectivity index (χ4n) is 1.28. The van der Waals surface area contributed by atoms with Gasteiger partial charge in [0.05, 0.1) is 11.3 Å². The van der Waals surface area contributed by atoms with Gasteiger partial charge in [0.2, 0.25) is 0 Å². The quantitative estimate of drug-likeness (QED) is 0.612. The Bertz CT molecular complexity index is 449. The second-order valence-electron chi connectivity index (χ2n) is 3.48. The molecule has 0 aromatic heterocycles. The van der Waals surface area contributed by atoms with E-state index in [9.17, 15) is 30.7 Å². The second-order valence-corrected chi connectivity index (χ2v) is 3.48. The molecular weight excluding hydrogens is 269 g/mol. The van der Waals surface area contributed by atoms with Crippen LogP contribution in [0.25, 0.3) is 0 Å². The molecule has 0 saturated heterocycles. The minimum atomic E-state index is -5.12. The first-order chi connectivity index (χ1) is 7.94. The summed E-state index contributed by atoms with van der Waals surface area (Å²) >= 11 is 0. The Balaban J connectivity index is 3.47. The maximum absolute atomic E-state index is 13.0. The average Bonchev–Trinajstić information content (AvgIpc) is 2.17. The lowest BCUT2D eigenvalue weighted by atomic mass is 9.99. The molecule has 0 fully saturated rings. The third kappa shape index (κ3) is 2.84. The summed E-state index contributed by atoms with van der Waals surface area (Å²) in [6, 6.07) is -2.80. The van der Waals surface area contributed by atoms with Gasteiger partial charge in [-0.05, 0) is 17.7 Å². The number of rotatable bonds is 1. The third-order valence-corrected chi connectivity index (χ3v) is 2.16. The molecule has 0 saturated carbocycles. The van der Waals surface area contributed by atoms with Crippen LogP contribution in [0.5, 0.6) is 0 Å². The van der Waals surface area contributed by atoms with Gasteiger partial charge >= 0.3 is 12.4 Å². The molecule has 1 aromatic carbocycles. The third-order valence-electron chi connectivity index (χ3n) is 2.16. The van der Waals surface area contributed by atoms with Crippen LogP contribution in [0.1, 0.15) is 17.2 Å². The van der Waals surface area contributed by atoms with Crippen LogP contribution in [-0.2, 0) is 6.18 Å². The number of anilines is 1. The van der Waals surface area contributed by atoms with Gasteiger partial charge < -0.3 is 11.5 Å². The Hall–Kier alpha value is -1.51. The summed E-state index contributed by atoms with van der Waals surface area (Å²) in [5.41, 5.74) is 5.55. The van der Waals surface area contributed by atoms with Gasteiger partial charge in [0.15, 0.2) is 0 Å². The van der Waals surface area contributed by atoms with Crippen molar-refractivity contribution < 1.29 is 30.7 Å². The van der Waals surface area contributed by atoms with Gasteiger partial charge in [-0.15, -0.1) is 0 Å². The summed E-state index contributed by atoms with van der Waals surface area (Å²) in [7, 11) is 0. The van der Waals surface area contributed by atoms with Crippen LogP contribution in [0.2, 0.25) is 0 Å². The Morgan fingerprint density at radius 2 is 1.50 bits per heavy atom. The molecule has 0 unspecified atom stereocenters. The molecule has 0 radical (unpaired) electrons. The van der Waals surface area contributed by atoms with E-state index in [-0.39, 0.29) is 12.1 Å². The molecular formula is C9H7F7N2. The Morgan fingerprint density at radius 1 is 1.00 bits per heavy atom. The van der Waals surface area contributed by atoms with Crippen molar-refractivity contribution in [3.63, 3.8) is 0 Å². The van der Waals surface area contributed by atoms with Crippen LogP contribution in [0.3, 0.4) is 0 Å². The fourth-order valence-corrected chi connectivity index (χ4v) is 1.28. The summed E-state index contributed by atoms with van der Waals surface area (Å²) in [6.45, 7) is 0. The summed E-state index contributed by atoms with van der Waals surface area (Å²) in [5.74, 6) is -1.39. The molecule has 0 amide bonds. The highest BCUT2D eigenvalue weighted by Crippen LogP contribution is 2.40. The Morgan fingerprint density at radius 3 is 1.89 bits per heavy atom. The molecule has 0 aliphatic carbocycles. The lowest BCUT2D eigenvalue weighted by Crippen LogP contribution is -2.31. The van der Waals surface area contributed by atoms with E-state index >= 15 is 0 Å². The number of alkyl halides is 6. The van der Waals surface area contributed by atoms with Crippen LogP contribution in [0.15, 0.2) is 12.1 Å². The van der Waals surface area contributed by atoms with Crippen molar-refractivity contribution in [2.75, 3.05) is 5.73 Å². The standard InChI is InChI=1S/C9H7F7N2/c10-5-1-3(7(18)9(14,15)16)4(2-6(5)17)8(11,12)13/h1-2,7H,17-18H2/t7-/m1/s1. The molecule has 0 heterocycles.